The molecule has 2 heterocycles. The average molecular weight is 475 g/mol. The Morgan fingerprint density at radius 3 is 2.12 bits per heavy atom. The van der Waals surface area contributed by atoms with E-state index in [1.54, 1.807) is 0 Å². The van der Waals surface area contributed by atoms with Crippen molar-refractivity contribution in [1.82, 2.24) is 19.1 Å². The van der Waals surface area contributed by atoms with Crippen molar-refractivity contribution in [3.05, 3.63) is 59.2 Å². The van der Waals surface area contributed by atoms with E-state index in [2.05, 4.69) is 29.0 Å². The molecule has 0 spiro atoms. The van der Waals surface area contributed by atoms with Crippen LogP contribution in [0.2, 0.25) is 0 Å². The van der Waals surface area contributed by atoms with Gasteiger partial charge in [-0.3, -0.25) is 0 Å². The van der Waals surface area contributed by atoms with E-state index in [0.717, 1.165) is 33.5 Å². The van der Waals surface area contributed by atoms with Gasteiger partial charge in [0.25, 0.3) is 0 Å². The quantitative estimate of drug-likeness (QED) is 0.311. The summed E-state index contributed by atoms with van der Waals surface area (Å²) in [5.41, 5.74) is 5.41. The number of alkyl halides is 2. The highest BCUT2D eigenvalue weighted by Crippen LogP contribution is 2.21. The third-order valence-electron chi connectivity index (χ3n) is 4.82. The fourth-order valence-corrected chi connectivity index (χ4v) is 3.73. The van der Waals surface area contributed by atoms with Gasteiger partial charge in [0, 0.05) is 7.05 Å². The summed E-state index contributed by atoms with van der Waals surface area (Å²) in [4.78, 5) is 21.0. The van der Waals surface area contributed by atoms with Crippen LogP contribution in [0.15, 0.2) is 36.4 Å². The molecule has 170 valence electrons. The predicted molar refractivity (Wildman–Crippen MR) is 131 cm³/mol. The molecule has 0 aliphatic rings. The predicted octanol–water partition coefficient (Wildman–Crippen LogP) is 6.49. The third-order valence-corrected chi connectivity index (χ3v) is 5.30. The van der Waals surface area contributed by atoms with Crippen LogP contribution in [-0.2, 0) is 23.5 Å². The second-order valence-corrected chi connectivity index (χ2v) is 9.22. The Bertz CT molecular complexity index is 1270. The highest BCUT2D eigenvalue weighted by Gasteiger charge is 2.22. The number of nitrogens with zero attached hydrogens (tertiary/aromatic N) is 4. The van der Waals surface area contributed by atoms with Gasteiger partial charge in [-0.1, -0.05) is 12.1 Å². The van der Waals surface area contributed by atoms with E-state index in [4.69, 9.17) is 27.9 Å². The van der Waals surface area contributed by atoms with Crippen LogP contribution in [0.3, 0.4) is 0 Å². The summed E-state index contributed by atoms with van der Waals surface area (Å²) >= 11 is 11.6. The van der Waals surface area contributed by atoms with Gasteiger partial charge in [0.05, 0.1) is 33.8 Å². The highest BCUT2D eigenvalue weighted by molar-refractivity contribution is 6.17. The maximum absolute atomic E-state index is 12.2. The summed E-state index contributed by atoms with van der Waals surface area (Å²) in [5.74, 6) is 2.04. The van der Waals surface area contributed by atoms with Gasteiger partial charge >= 0.3 is 6.09 Å². The number of hydrogen-bond acceptors (Lipinski definition) is 4. The summed E-state index contributed by atoms with van der Waals surface area (Å²) in [5, 5.41) is 0. The molecule has 0 fully saturated rings. The van der Waals surface area contributed by atoms with E-state index in [1.807, 2.05) is 63.6 Å². The maximum Gasteiger partial charge on any atom is 0.420 e. The summed E-state index contributed by atoms with van der Waals surface area (Å²) in [7, 11) is 1.99. The molecule has 4 rings (SSSR count). The molecule has 0 radical (unpaired) electrons. The minimum Gasteiger partial charge on any atom is -0.443 e. The molecule has 0 amide bonds. The van der Waals surface area contributed by atoms with Crippen molar-refractivity contribution in [2.75, 3.05) is 0 Å². The van der Waals surface area contributed by atoms with Crippen molar-refractivity contribution in [3.8, 4) is 0 Å². The molecule has 32 heavy (non-hydrogen) atoms. The van der Waals surface area contributed by atoms with Crippen LogP contribution in [0.1, 0.15) is 43.5 Å². The Kier molecular flexibility index (Phi) is 7.16. The molecule has 6 nitrogen and oxygen atoms in total. The number of carbonyl (C=O) groups is 1. The second-order valence-electron chi connectivity index (χ2n) is 8.68. The minimum absolute atomic E-state index is 0.160. The number of ether oxygens (including phenoxy) is 1. The van der Waals surface area contributed by atoms with Gasteiger partial charge < -0.3 is 9.30 Å². The minimum atomic E-state index is -0.554. The fraction of sp³-hybridized carbons (Fsp3) is 0.375. The molecule has 4 aromatic rings. The molecule has 0 saturated carbocycles. The number of aryl methyl sites for hydroxylation is 3. The number of benzene rings is 2. The van der Waals surface area contributed by atoms with Crippen molar-refractivity contribution in [2.45, 2.75) is 52.0 Å². The lowest BCUT2D eigenvalue weighted by atomic mass is 10.2. The molecule has 8 heteroatoms. The van der Waals surface area contributed by atoms with Crippen LogP contribution in [-0.4, -0.2) is 30.8 Å². The van der Waals surface area contributed by atoms with Gasteiger partial charge in [0.15, 0.2) is 0 Å². The Morgan fingerprint density at radius 1 is 0.906 bits per heavy atom. The fourth-order valence-electron chi connectivity index (χ4n) is 3.31. The van der Waals surface area contributed by atoms with Crippen LogP contribution in [0.25, 0.3) is 22.1 Å². The molecule has 0 saturated heterocycles. The molecule has 2 aromatic heterocycles. The van der Waals surface area contributed by atoms with Crippen molar-refractivity contribution in [1.29, 1.82) is 0 Å². The monoisotopic (exact) mass is 474 g/mol. The van der Waals surface area contributed by atoms with Crippen LogP contribution < -0.4 is 0 Å². The molecule has 2 aromatic carbocycles. The van der Waals surface area contributed by atoms with Crippen molar-refractivity contribution >= 4 is 51.4 Å². The standard InChI is InChI=1S/C14H17ClN2O2.C10H11ClN2/c1-9-5-6-11-10(7-9)16-12(8-15)17(11)13(18)19-14(2,3)4;1-7-3-4-8-9(5-7)13(2)10(6-11)12-8/h5-7H,8H2,1-4H3;3-5H,6H2,1-2H3. The molecular weight excluding hydrogens is 447 g/mol. The SMILES string of the molecule is Cc1ccc2c(c1)nc(CCl)n2C(=O)OC(C)(C)C.Cc1ccc2nc(CCl)n(C)c2c1. The number of carbonyl (C=O) groups excluding carboxylic acids is 1. The Balaban J connectivity index is 0.000000193. The van der Waals surface area contributed by atoms with Crippen LogP contribution in [0.5, 0.6) is 0 Å². The van der Waals surface area contributed by atoms with E-state index in [9.17, 15) is 4.79 Å². The third kappa shape index (κ3) is 5.25. The molecular formula is C24H28Cl2N4O2. The number of rotatable bonds is 2. The number of hydrogen-bond donors (Lipinski definition) is 0. The lowest BCUT2D eigenvalue weighted by Gasteiger charge is -2.20. The molecule has 0 aliphatic carbocycles. The van der Waals surface area contributed by atoms with Gasteiger partial charge in [-0.15, -0.1) is 23.2 Å². The molecule has 0 atom stereocenters. The van der Waals surface area contributed by atoms with E-state index < -0.39 is 11.7 Å². The number of halogens is 2. The van der Waals surface area contributed by atoms with E-state index in [-0.39, 0.29) is 5.88 Å². The highest BCUT2D eigenvalue weighted by atomic mass is 35.5. The van der Waals surface area contributed by atoms with E-state index in [1.165, 1.54) is 10.1 Å². The average Bonchev–Trinajstić information content (AvgIpc) is 3.24. The number of fused-ring (bicyclic) bond motifs is 2. The summed E-state index contributed by atoms with van der Waals surface area (Å²) in [6, 6.07) is 11.9. The lowest BCUT2D eigenvalue weighted by molar-refractivity contribution is 0.0540. The Labute approximate surface area is 198 Å². The van der Waals surface area contributed by atoms with Gasteiger partial charge in [-0.2, -0.15) is 0 Å². The van der Waals surface area contributed by atoms with E-state index >= 15 is 0 Å². The van der Waals surface area contributed by atoms with E-state index in [0.29, 0.717) is 11.7 Å². The first-order valence-electron chi connectivity index (χ1n) is 10.3. The van der Waals surface area contributed by atoms with Crippen LogP contribution >= 0.6 is 23.2 Å². The van der Waals surface area contributed by atoms with Crippen LogP contribution in [0, 0.1) is 13.8 Å². The van der Waals surface area contributed by atoms with Gasteiger partial charge in [-0.05, 0) is 70.0 Å². The zero-order valence-corrected chi connectivity index (χ0v) is 20.8. The Morgan fingerprint density at radius 2 is 1.50 bits per heavy atom. The van der Waals surface area contributed by atoms with Crippen molar-refractivity contribution in [2.24, 2.45) is 7.05 Å². The number of aromatic nitrogens is 4. The second kappa shape index (κ2) is 9.51. The first-order valence-corrected chi connectivity index (χ1v) is 11.4. The van der Waals surface area contributed by atoms with Gasteiger partial charge in [0.2, 0.25) is 0 Å². The Hall–Kier alpha value is -2.57. The largest absolute Gasteiger partial charge is 0.443 e. The summed E-state index contributed by atoms with van der Waals surface area (Å²) < 4.78 is 8.86. The normalized spacial score (nSPS) is 11.5. The van der Waals surface area contributed by atoms with Crippen LogP contribution in [0.4, 0.5) is 4.79 Å². The van der Waals surface area contributed by atoms with Crippen molar-refractivity contribution in [3.63, 3.8) is 0 Å². The molecule has 0 N–H and O–H groups in total. The zero-order chi connectivity index (χ0) is 23.6. The van der Waals surface area contributed by atoms with Crippen molar-refractivity contribution < 1.29 is 9.53 Å². The molecule has 0 aliphatic heterocycles. The molecule has 0 bridgehead atoms. The summed E-state index contributed by atoms with van der Waals surface area (Å²) in [6.45, 7) is 9.54. The first kappa shape index (κ1) is 24.1. The summed E-state index contributed by atoms with van der Waals surface area (Å²) in [6.07, 6.45) is -0.450. The smallest absolute Gasteiger partial charge is 0.420 e. The topological polar surface area (TPSA) is 61.9 Å². The van der Waals surface area contributed by atoms with Gasteiger partial charge in [0.1, 0.15) is 17.2 Å². The molecule has 0 unspecified atom stereocenters. The number of imidazole rings is 2. The maximum atomic E-state index is 12.2. The lowest BCUT2D eigenvalue weighted by Crippen LogP contribution is -2.28. The first-order chi connectivity index (χ1) is 15.0. The van der Waals surface area contributed by atoms with Gasteiger partial charge in [-0.25, -0.2) is 19.3 Å². The zero-order valence-electron chi connectivity index (χ0n) is 19.2.